The van der Waals surface area contributed by atoms with Crippen LogP contribution in [0, 0.1) is 17.6 Å². The van der Waals surface area contributed by atoms with E-state index in [2.05, 4.69) is 5.32 Å². The Morgan fingerprint density at radius 3 is 2.29 bits per heavy atom. The van der Waals surface area contributed by atoms with E-state index in [-0.39, 0.29) is 18.9 Å². The number of nitrogens with zero attached hydrogens (tertiary/aromatic N) is 1. The Kier molecular flexibility index (Phi) is 6.87. The van der Waals surface area contributed by atoms with E-state index in [1.807, 2.05) is 4.90 Å². The standard InChI is InChI=1S/C25H29F4N3O2/c26-20-12-16(13-21(27)22(20)30)15-32-10-7-19(8-11-32)31-23(33)25(34,17-4-2-1-3-5-17)18-6-9-24(28,29)14-18/h1-5,12-13,18-19,34H,6-11,14-15,30H2,(H,31,33)/t18-,25+/m1/s1. The van der Waals surface area contributed by atoms with Crippen molar-refractivity contribution in [3.05, 3.63) is 65.2 Å². The molecule has 0 spiro atoms. The minimum atomic E-state index is -2.90. The lowest BCUT2D eigenvalue weighted by atomic mass is 9.79. The van der Waals surface area contributed by atoms with Gasteiger partial charge in [-0.2, -0.15) is 0 Å². The number of nitrogens with one attached hydrogen (secondary N) is 1. The molecule has 5 nitrogen and oxygen atoms in total. The lowest BCUT2D eigenvalue weighted by molar-refractivity contribution is -0.149. The molecular weight excluding hydrogens is 450 g/mol. The summed E-state index contributed by atoms with van der Waals surface area (Å²) in [6, 6.07) is 10.4. The van der Waals surface area contributed by atoms with Crippen LogP contribution in [-0.4, -0.2) is 41.0 Å². The third kappa shape index (κ3) is 5.05. The summed E-state index contributed by atoms with van der Waals surface area (Å²) in [5.74, 6) is -6.05. The Morgan fingerprint density at radius 1 is 1.12 bits per heavy atom. The van der Waals surface area contributed by atoms with E-state index in [1.54, 1.807) is 30.3 Å². The number of benzene rings is 2. The number of carbonyl (C=O) groups is 1. The van der Waals surface area contributed by atoms with Gasteiger partial charge in [-0.25, -0.2) is 17.6 Å². The predicted octanol–water partition coefficient (Wildman–Crippen LogP) is 3.95. The summed E-state index contributed by atoms with van der Waals surface area (Å²) >= 11 is 0. The van der Waals surface area contributed by atoms with Gasteiger partial charge in [-0.15, -0.1) is 0 Å². The quantitative estimate of drug-likeness (QED) is 0.433. The number of aliphatic hydroxyl groups is 1. The molecule has 1 aliphatic carbocycles. The summed E-state index contributed by atoms with van der Waals surface area (Å²) in [6.07, 6.45) is 0.261. The first-order chi connectivity index (χ1) is 16.1. The van der Waals surface area contributed by atoms with Crippen molar-refractivity contribution in [2.75, 3.05) is 18.8 Å². The van der Waals surface area contributed by atoms with Crippen molar-refractivity contribution in [2.45, 2.75) is 56.2 Å². The average molecular weight is 480 g/mol. The number of nitrogen functional groups attached to an aromatic ring is 1. The van der Waals surface area contributed by atoms with Crippen LogP contribution in [0.15, 0.2) is 42.5 Å². The Balaban J connectivity index is 1.40. The van der Waals surface area contributed by atoms with Crippen LogP contribution < -0.4 is 11.1 Å². The van der Waals surface area contributed by atoms with E-state index in [9.17, 15) is 27.5 Å². The fraction of sp³-hybridized carbons (Fsp3) is 0.480. The number of alkyl halides is 2. The maximum absolute atomic E-state index is 14.0. The molecule has 184 valence electrons. The van der Waals surface area contributed by atoms with Crippen molar-refractivity contribution < 1.29 is 27.5 Å². The highest BCUT2D eigenvalue weighted by Gasteiger charge is 2.53. The zero-order valence-electron chi connectivity index (χ0n) is 18.7. The molecule has 1 heterocycles. The Morgan fingerprint density at radius 2 is 1.74 bits per heavy atom. The minimum Gasteiger partial charge on any atom is -0.394 e. The molecule has 0 radical (unpaired) electrons. The number of nitrogens with two attached hydrogens (primary N) is 1. The molecule has 0 unspecified atom stereocenters. The van der Waals surface area contributed by atoms with Crippen molar-refractivity contribution in [1.29, 1.82) is 0 Å². The van der Waals surface area contributed by atoms with Crippen molar-refractivity contribution >= 4 is 11.6 Å². The summed E-state index contributed by atoms with van der Waals surface area (Å²) in [5.41, 5.74) is 3.54. The zero-order chi connectivity index (χ0) is 24.5. The molecule has 0 aromatic heterocycles. The number of hydrogen-bond acceptors (Lipinski definition) is 4. The normalized spacial score (nSPS) is 22.9. The fourth-order valence-corrected chi connectivity index (χ4v) is 5.07. The maximum Gasteiger partial charge on any atom is 0.257 e. The molecule has 2 aliphatic rings. The summed E-state index contributed by atoms with van der Waals surface area (Å²) in [7, 11) is 0. The smallest absolute Gasteiger partial charge is 0.257 e. The first kappa shape index (κ1) is 24.5. The molecular formula is C25H29F4N3O2. The van der Waals surface area contributed by atoms with Crippen molar-refractivity contribution in [2.24, 2.45) is 5.92 Å². The minimum absolute atomic E-state index is 0.0545. The Bertz CT molecular complexity index is 1010. The van der Waals surface area contributed by atoms with Gasteiger partial charge in [-0.3, -0.25) is 9.69 Å². The van der Waals surface area contributed by atoms with Gasteiger partial charge in [0.25, 0.3) is 5.91 Å². The van der Waals surface area contributed by atoms with Crippen LogP contribution in [-0.2, 0) is 16.9 Å². The second-order valence-corrected chi connectivity index (χ2v) is 9.43. The van der Waals surface area contributed by atoms with Crippen LogP contribution in [0.25, 0.3) is 0 Å². The van der Waals surface area contributed by atoms with Crippen LogP contribution in [0.4, 0.5) is 23.2 Å². The highest BCUT2D eigenvalue weighted by molar-refractivity contribution is 5.87. The molecule has 0 bridgehead atoms. The van der Waals surface area contributed by atoms with Gasteiger partial charge in [0.15, 0.2) is 5.60 Å². The van der Waals surface area contributed by atoms with Crippen molar-refractivity contribution in [3.8, 4) is 0 Å². The number of likely N-dealkylation sites (tertiary alicyclic amines) is 1. The third-order valence-electron chi connectivity index (χ3n) is 7.02. The second-order valence-electron chi connectivity index (χ2n) is 9.43. The molecule has 2 fully saturated rings. The van der Waals surface area contributed by atoms with Gasteiger partial charge in [-0.1, -0.05) is 30.3 Å². The number of carbonyl (C=O) groups excluding carboxylic acids is 1. The summed E-state index contributed by atoms with van der Waals surface area (Å²) in [6.45, 7) is 1.45. The SMILES string of the molecule is Nc1c(F)cc(CN2CCC(NC(=O)[C@](O)(c3ccccc3)[C@@H]3CCC(F)(F)C3)CC2)cc1F. The van der Waals surface area contributed by atoms with Crippen LogP contribution in [0.3, 0.4) is 0 Å². The largest absolute Gasteiger partial charge is 0.394 e. The van der Waals surface area contributed by atoms with E-state index < -0.39 is 47.1 Å². The van der Waals surface area contributed by atoms with Gasteiger partial charge in [-0.05, 0) is 42.5 Å². The topological polar surface area (TPSA) is 78.6 Å². The molecule has 1 aliphatic heterocycles. The summed E-state index contributed by atoms with van der Waals surface area (Å²) in [5, 5.41) is 14.4. The molecule has 2 atom stereocenters. The van der Waals surface area contributed by atoms with E-state index in [1.165, 1.54) is 12.1 Å². The fourth-order valence-electron chi connectivity index (χ4n) is 5.07. The lowest BCUT2D eigenvalue weighted by Gasteiger charge is -2.37. The highest BCUT2D eigenvalue weighted by atomic mass is 19.3. The van der Waals surface area contributed by atoms with Crippen molar-refractivity contribution in [1.82, 2.24) is 10.2 Å². The molecule has 1 amide bonds. The van der Waals surface area contributed by atoms with Gasteiger partial charge < -0.3 is 16.2 Å². The molecule has 2 aromatic rings. The molecule has 34 heavy (non-hydrogen) atoms. The molecule has 2 aromatic carbocycles. The van der Waals surface area contributed by atoms with E-state index >= 15 is 0 Å². The van der Waals surface area contributed by atoms with E-state index in [0.717, 1.165) is 0 Å². The first-order valence-corrected chi connectivity index (χ1v) is 11.5. The molecule has 4 rings (SSSR count). The predicted molar refractivity (Wildman–Crippen MR) is 120 cm³/mol. The van der Waals surface area contributed by atoms with Gasteiger partial charge in [0, 0.05) is 44.4 Å². The number of anilines is 1. The van der Waals surface area contributed by atoms with Crippen LogP contribution >= 0.6 is 0 Å². The first-order valence-electron chi connectivity index (χ1n) is 11.5. The van der Waals surface area contributed by atoms with Gasteiger partial charge in [0.05, 0.1) is 0 Å². The van der Waals surface area contributed by atoms with Gasteiger partial charge in [0.1, 0.15) is 17.3 Å². The molecule has 4 N–H and O–H groups in total. The van der Waals surface area contributed by atoms with Gasteiger partial charge >= 0.3 is 0 Å². The Labute approximate surface area is 195 Å². The second kappa shape index (κ2) is 9.54. The number of piperidine rings is 1. The van der Waals surface area contributed by atoms with Gasteiger partial charge in [0.2, 0.25) is 5.92 Å². The monoisotopic (exact) mass is 479 g/mol. The third-order valence-corrected chi connectivity index (χ3v) is 7.02. The van der Waals surface area contributed by atoms with E-state index in [0.29, 0.717) is 43.6 Å². The number of rotatable bonds is 6. The number of halogens is 4. The van der Waals surface area contributed by atoms with Crippen molar-refractivity contribution in [3.63, 3.8) is 0 Å². The molecule has 1 saturated carbocycles. The maximum atomic E-state index is 14.0. The van der Waals surface area contributed by atoms with E-state index in [4.69, 9.17) is 5.73 Å². The Hall–Kier alpha value is -2.65. The van der Waals surface area contributed by atoms with Crippen LogP contribution in [0.1, 0.15) is 43.2 Å². The summed E-state index contributed by atoms with van der Waals surface area (Å²) in [4.78, 5) is 15.3. The highest BCUT2D eigenvalue weighted by Crippen LogP contribution is 2.47. The average Bonchev–Trinajstić information content (AvgIpc) is 3.18. The molecule has 9 heteroatoms. The zero-order valence-corrected chi connectivity index (χ0v) is 18.7. The molecule has 1 saturated heterocycles. The van der Waals surface area contributed by atoms with Crippen LogP contribution in [0.2, 0.25) is 0 Å². The lowest BCUT2D eigenvalue weighted by Crippen LogP contribution is -2.54. The number of hydrogen-bond donors (Lipinski definition) is 3. The van der Waals surface area contributed by atoms with Crippen LogP contribution in [0.5, 0.6) is 0 Å². The number of amides is 1. The summed E-state index contributed by atoms with van der Waals surface area (Å²) < 4.78 is 55.4.